The summed E-state index contributed by atoms with van der Waals surface area (Å²) in [6.45, 7) is 0.612. The molecule has 0 unspecified atom stereocenters. The van der Waals surface area contributed by atoms with Gasteiger partial charge in [0.05, 0.1) is 12.7 Å². The normalized spacial score (nSPS) is 10.5. The first-order chi connectivity index (χ1) is 7.27. The standard InChI is InChI=1S/C11H14N2O2/c1-15-11(14)10-6-9(7-13-8-10)4-2-3-5-12/h2,4,6-8H,3,5,12H2,1H3. The van der Waals surface area contributed by atoms with E-state index in [0.29, 0.717) is 12.1 Å². The van der Waals surface area contributed by atoms with Crippen LogP contribution in [0, 0.1) is 0 Å². The molecule has 1 rings (SSSR count). The number of esters is 1. The van der Waals surface area contributed by atoms with Crippen molar-refractivity contribution in [1.29, 1.82) is 0 Å². The van der Waals surface area contributed by atoms with Crippen LogP contribution in [0.15, 0.2) is 24.5 Å². The van der Waals surface area contributed by atoms with Gasteiger partial charge in [0.2, 0.25) is 0 Å². The first-order valence-corrected chi connectivity index (χ1v) is 4.68. The van der Waals surface area contributed by atoms with Gasteiger partial charge in [-0.25, -0.2) is 4.79 Å². The van der Waals surface area contributed by atoms with Crippen molar-refractivity contribution in [2.45, 2.75) is 6.42 Å². The summed E-state index contributed by atoms with van der Waals surface area (Å²) in [6.07, 6.45) is 7.79. The largest absolute Gasteiger partial charge is 0.465 e. The van der Waals surface area contributed by atoms with Crippen LogP contribution >= 0.6 is 0 Å². The molecule has 0 aliphatic carbocycles. The fraction of sp³-hybridized carbons (Fsp3) is 0.273. The average molecular weight is 206 g/mol. The number of aromatic nitrogens is 1. The van der Waals surface area contributed by atoms with Gasteiger partial charge >= 0.3 is 5.97 Å². The first-order valence-electron chi connectivity index (χ1n) is 4.68. The van der Waals surface area contributed by atoms with Crippen molar-refractivity contribution in [3.8, 4) is 0 Å². The fourth-order valence-corrected chi connectivity index (χ4v) is 1.09. The van der Waals surface area contributed by atoms with E-state index in [9.17, 15) is 4.79 Å². The van der Waals surface area contributed by atoms with Crippen LogP contribution in [0.5, 0.6) is 0 Å². The van der Waals surface area contributed by atoms with Gasteiger partial charge in [-0.3, -0.25) is 4.98 Å². The molecule has 2 N–H and O–H groups in total. The fourth-order valence-electron chi connectivity index (χ4n) is 1.09. The number of hydrogen-bond donors (Lipinski definition) is 1. The van der Waals surface area contributed by atoms with Crippen LogP contribution in [-0.2, 0) is 4.74 Å². The molecule has 0 saturated carbocycles. The average Bonchev–Trinajstić information content (AvgIpc) is 2.29. The number of nitrogens with zero attached hydrogens (tertiary/aromatic N) is 1. The van der Waals surface area contributed by atoms with E-state index in [1.54, 1.807) is 12.3 Å². The number of hydrogen-bond acceptors (Lipinski definition) is 4. The minimum atomic E-state index is -0.378. The Morgan fingerprint density at radius 2 is 2.40 bits per heavy atom. The summed E-state index contributed by atoms with van der Waals surface area (Å²) in [4.78, 5) is 15.1. The van der Waals surface area contributed by atoms with E-state index in [2.05, 4.69) is 9.72 Å². The Bertz CT molecular complexity index is 361. The first kappa shape index (κ1) is 11.4. The third-order valence-corrected chi connectivity index (χ3v) is 1.82. The maximum absolute atomic E-state index is 11.2. The van der Waals surface area contributed by atoms with Gasteiger partial charge in [0.15, 0.2) is 0 Å². The van der Waals surface area contributed by atoms with Crippen LogP contribution in [0.3, 0.4) is 0 Å². The maximum Gasteiger partial charge on any atom is 0.339 e. The van der Waals surface area contributed by atoms with Crippen molar-refractivity contribution >= 4 is 12.0 Å². The predicted molar refractivity (Wildman–Crippen MR) is 58.3 cm³/mol. The zero-order valence-corrected chi connectivity index (χ0v) is 8.64. The highest BCUT2D eigenvalue weighted by molar-refractivity contribution is 5.89. The summed E-state index contributed by atoms with van der Waals surface area (Å²) in [5, 5.41) is 0. The second kappa shape index (κ2) is 5.93. The van der Waals surface area contributed by atoms with Crippen LogP contribution in [-0.4, -0.2) is 24.6 Å². The topological polar surface area (TPSA) is 65.2 Å². The molecule has 0 spiro atoms. The molecule has 1 aromatic heterocycles. The van der Waals surface area contributed by atoms with E-state index in [1.807, 2.05) is 12.2 Å². The zero-order chi connectivity index (χ0) is 11.1. The van der Waals surface area contributed by atoms with Crippen LogP contribution in [0.25, 0.3) is 6.08 Å². The summed E-state index contributed by atoms with van der Waals surface area (Å²) in [6, 6.07) is 1.73. The Morgan fingerprint density at radius 3 is 3.07 bits per heavy atom. The molecule has 0 aromatic carbocycles. The van der Waals surface area contributed by atoms with Gasteiger partial charge in [0.25, 0.3) is 0 Å². The van der Waals surface area contributed by atoms with Gasteiger partial charge < -0.3 is 10.5 Å². The lowest BCUT2D eigenvalue weighted by molar-refractivity contribution is 0.0600. The van der Waals surface area contributed by atoms with E-state index in [4.69, 9.17) is 5.73 Å². The Hall–Kier alpha value is -1.68. The minimum Gasteiger partial charge on any atom is -0.465 e. The van der Waals surface area contributed by atoms with Crippen LogP contribution in [0.4, 0.5) is 0 Å². The number of pyridine rings is 1. The Balaban J connectivity index is 2.78. The molecule has 0 fully saturated rings. The van der Waals surface area contributed by atoms with Gasteiger partial charge in [-0.05, 0) is 24.6 Å². The molecule has 80 valence electrons. The van der Waals surface area contributed by atoms with Crippen molar-refractivity contribution in [2.24, 2.45) is 5.73 Å². The summed E-state index contributed by atoms with van der Waals surface area (Å²) in [7, 11) is 1.35. The van der Waals surface area contributed by atoms with Gasteiger partial charge in [-0.2, -0.15) is 0 Å². The lowest BCUT2D eigenvalue weighted by Crippen LogP contribution is -2.01. The van der Waals surface area contributed by atoms with Crippen molar-refractivity contribution in [3.63, 3.8) is 0 Å². The van der Waals surface area contributed by atoms with Gasteiger partial charge in [0.1, 0.15) is 0 Å². The second-order valence-electron chi connectivity index (χ2n) is 2.98. The molecule has 0 saturated heterocycles. The second-order valence-corrected chi connectivity index (χ2v) is 2.98. The summed E-state index contributed by atoms with van der Waals surface area (Å²) in [5.41, 5.74) is 6.67. The van der Waals surface area contributed by atoms with Crippen molar-refractivity contribution in [3.05, 3.63) is 35.7 Å². The Labute approximate surface area is 88.8 Å². The van der Waals surface area contributed by atoms with E-state index in [1.165, 1.54) is 13.3 Å². The number of methoxy groups -OCH3 is 1. The Kier molecular flexibility index (Phi) is 4.50. The molecule has 0 radical (unpaired) electrons. The van der Waals surface area contributed by atoms with Gasteiger partial charge in [-0.1, -0.05) is 12.2 Å². The molecule has 0 aliphatic heterocycles. The molecule has 0 amide bonds. The minimum absolute atomic E-state index is 0.378. The van der Waals surface area contributed by atoms with Crippen molar-refractivity contribution in [2.75, 3.05) is 13.7 Å². The van der Waals surface area contributed by atoms with E-state index >= 15 is 0 Å². The van der Waals surface area contributed by atoms with E-state index in [0.717, 1.165) is 12.0 Å². The molecule has 0 bridgehead atoms. The van der Waals surface area contributed by atoms with Crippen LogP contribution in [0.1, 0.15) is 22.3 Å². The molecular weight excluding hydrogens is 192 g/mol. The zero-order valence-electron chi connectivity index (χ0n) is 8.64. The molecule has 0 atom stereocenters. The maximum atomic E-state index is 11.2. The number of carbonyl (C=O) groups excluding carboxylic acids is 1. The van der Waals surface area contributed by atoms with E-state index < -0.39 is 0 Å². The van der Waals surface area contributed by atoms with Gasteiger partial charge in [0, 0.05) is 12.4 Å². The van der Waals surface area contributed by atoms with Crippen LogP contribution < -0.4 is 5.73 Å². The van der Waals surface area contributed by atoms with Crippen LogP contribution in [0.2, 0.25) is 0 Å². The molecule has 15 heavy (non-hydrogen) atoms. The Morgan fingerprint density at radius 1 is 1.60 bits per heavy atom. The highest BCUT2D eigenvalue weighted by Crippen LogP contribution is 2.06. The van der Waals surface area contributed by atoms with Crippen molar-refractivity contribution < 1.29 is 9.53 Å². The summed E-state index contributed by atoms with van der Waals surface area (Å²) >= 11 is 0. The number of ether oxygens (including phenoxy) is 1. The van der Waals surface area contributed by atoms with E-state index in [-0.39, 0.29) is 5.97 Å². The summed E-state index contributed by atoms with van der Waals surface area (Å²) in [5.74, 6) is -0.378. The number of nitrogens with two attached hydrogens (primary N) is 1. The monoisotopic (exact) mass is 206 g/mol. The highest BCUT2D eigenvalue weighted by Gasteiger charge is 2.04. The van der Waals surface area contributed by atoms with Crippen molar-refractivity contribution in [1.82, 2.24) is 4.98 Å². The lowest BCUT2D eigenvalue weighted by Gasteiger charge is -1.99. The molecule has 1 aromatic rings. The summed E-state index contributed by atoms with van der Waals surface area (Å²) < 4.78 is 4.59. The number of rotatable bonds is 4. The lowest BCUT2D eigenvalue weighted by atomic mass is 10.2. The molecule has 4 nitrogen and oxygen atoms in total. The molecular formula is C11H14N2O2. The van der Waals surface area contributed by atoms with Gasteiger partial charge in [-0.15, -0.1) is 0 Å². The predicted octanol–water partition coefficient (Wildman–Crippen LogP) is 1.23. The smallest absolute Gasteiger partial charge is 0.339 e. The number of carbonyl (C=O) groups is 1. The highest BCUT2D eigenvalue weighted by atomic mass is 16.5. The third-order valence-electron chi connectivity index (χ3n) is 1.82. The molecule has 1 heterocycles. The quantitative estimate of drug-likeness (QED) is 0.752. The molecule has 0 aliphatic rings. The third kappa shape index (κ3) is 3.52. The SMILES string of the molecule is COC(=O)c1cncc(C=CCCN)c1. The molecule has 4 heteroatoms.